The Morgan fingerprint density at radius 1 is 1.03 bits per heavy atom. The number of aromatic nitrogens is 3. The summed E-state index contributed by atoms with van der Waals surface area (Å²) in [5, 5.41) is 21.0. The summed E-state index contributed by atoms with van der Waals surface area (Å²) >= 11 is 1.46. The van der Waals surface area contributed by atoms with Crippen molar-refractivity contribution in [1.82, 2.24) is 14.6 Å². The zero-order valence-corrected chi connectivity index (χ0v) is 18.4. The second-order valence-electron chi connectivity index (χ2n) is 7.43. The molecule has 30 heavy (non-hydrogen) atoms. The van der Waals surface area contributed by atoms with Crippen LogP contribution in [0.2, 0.25) is 0 Å². The lowest BCUT2D eigenvalue weighted by Gasteiger charge is -2.14. The van der Waals surface area contributed by atoms with E-state index in [-0.39, 0.29) is 6.61 Å². The average molecular weight is 424 g/mol. The standard InChI is InChI=1S/C23H25N3O3S/c1-14-5-6-15(2)21(9-14)29-12-17(27)13-30-23-25-24-22-10-16(3)19-8-7-18(28-4)11-20(19)26(22)23/h5-11,17,27H,12-13H2,1-4H3. The predicted octanol–water partition coefficient (Wildman–Crippen LogP) is 4.35. The summed E-state index contributed by atoms with van der Waals surface area (Å²) in [5.41, 5.74) is 5.08. The lowest BCUT2D eigenvalue weighted by molar-refractivity contribution is 0.126. The van der Waals surface area contributed by atoms with Crippen molar-refractivity contribution in [2.75, 3.05) is 19.5 Å². The first-order chi connectivity index (χ1) is 14.5. The molecule has 0 spiro atoms. The van der Waals surface area contributed by atoms with Gasteiger partial charge in [-0.3, -0.25) is 4.40 Å². The van der Waals surface area contributed by atoms with Crippen LogP contribution in [0.25, 0.3) is 16.6 Å². The normalized spacial score (nSPS) is 12.4. The fraction of sp³-hybridized carbons (Fsp3) is 0.304. The highest BCUT2D eigenvalue weighted by Crippen LogP contribution is 2.29. The van der Waals surface area contributed by atoms with Crippen molar-refractivity contribution in [3.8, 4) is 11.5 Å². The molecule has 1 atom stereocenters. The minimum Gasteiger partial charge on any atom is -0.497 e. The molecule has 0 aliphatic carbocycles. The fourth-order valence-corrected chi connectivity index (χ4v) is 4.25. The molecule has 0 radical (unpaired) electrons. The summed E-state index contributed by atoms with van der Waals surface area (Å²) in [7, 11) is 1.66. The molecule has 0 saturated heterocycles. The number of hydrogen-bond donors (Lipinski definition) is 1. The van der Waals surface area contributed by atoms with E-state index in [2.05, 4.69) is 17.1 Å². The maximum atomic E-state index is 10.5. The van der Waals surface area contributed by atoms with Crippen molar-refractivity contribution in [1.29, 1.82) is 0 Å². The van der Waals surface area contributed by atoms with Crippen LogP contribution in [0.3, 0.4) is 0 Å². The summed E-state index contributed by atoms with van der Waals surface area (Å²) in [6, 6.07) is 14.1. The Labute approximate surface area is 179 Å². The Morgan fingerprint density at radius 2 is 1.87 bits per heavy atom. The van der Waals surface area contributed by atoms with E-state index in [1.54, 1.807) is 7.11 Å². The van der Waals surface area contributed by atoms with Crippen LogP contribution in [0.5, 0.6) is 11.5 Å². The third kappa shape index (κ3) is 4.08. The topological polar surface area (TPSA) is 68.9 Å². The largest absolute Gasteiger partial charge is 0.497 e. The minimum atomic E-state index is -0.631. The molecule has 156 valence electrons. The zero-order valence-electron chi connectivity index (χ0n) is 17.5. The van der Waals surface area contributed by atoms with Crippen LogP contribution < -0.4 is 9.47 Å². The first-order valence-electron chi connectivity index (χ1n) is 9.79. The number of aliphatic hydroxyl groups is 1. The number of ether oxygens (including phenoxy) is 2. The van der Waals surface area contributed by atoms with Gasteiger partial charge in [0.1, 0.15) is 18.1 Å². The number of pyridine rings is 1. The van der Waals surface area contributed by atoms with Gasteiger partial charge in [0, 0.05) is 17.2 Å². The van der Waals surface area contributed by atoms with Crippen LogP contribution >= 0.6 is 11.8 Å². The number of aliphatic hydroxyl groups excluding tert-OH is 1. The van der Waals surface area contributed by atoms with E-state index in [9.17, 15) is 5.11 Å². The van der Waals surface area contributed by atoms with Gasteiger partial charge in [-0.2, -0.15) is 0 Å². The first-order valence-corrected chi connectivity index (χ1v) is 10.8. The van der Waals surface area contributed by atoms with Crippen molar-refractivity contribution in [3.05, 3.63) is 59.2 Å². The van der Waals surface area contributed by atoms with Gasteiger partial charge in [-0.15, -0.1) is 10.2 Å². The Morgan fingerprint density at radius 3 is 2.67 bits per heavy atom. The number of hydrogen-bond acceptors (Lipinski definition) is 6. The van der Waals surface area contributed by atoms with Gasteiger partial charge in [-0.25, -0.2) is 0 Å². The van der Waals surface area contributed by atoms with Gasteiger partial charge in [0.15, 0.2) is 10.8 Å². The lowest BCUT2D eigenvalue weighted by Crippen LogP contribution is -2.20. The van der Waals surface area contributed by atoms with Crippen molar-refractivity contribution in [2.24, 2.45) is 0 Å². The van der Waals surface area contributed by atoms with Gasteiger partial charge in [0.05, 0.1) is 18.7 Å². The molecule has 0 aliphatic heterocycles. The number of nitrogens with zero attached hydrogens (tertiary/aromatic N) is 3. The monoisotopic (exact) mass is 423 g/mol. The summed E-state index contributed by atoms with van der Waals surface area (Å²) in [4.78, 5) is 0. The Balaban J connectivity index is 1.52. The smallest absolute Gasteiger partial charge is 0.196 e. The van der Waals surface area contributed by atoms with E-state index in [1.165, 1.54) is 11.8 Å². The van der Waals surface area contributed by atoms with Crippen LogP contribution in [0.1, 0.15) is 16.7 Å². The van der Waals surface area contributed by atoms with Crippen molar-refractivity contribution in [2.45, 2.75) is 32.0 Å². The lowest BCUT2D eigenvalue weighted by atomic mass is 10.1. The zero-order chi connectivity index (χ0) is 21.3. The van der Waals surface area contributed by atoms with E-state index >= 15 is 0 Å². The van der Waals surface area contributed by atoms with Crippen LogP contribution in [0.4, 0.5) is 0 Å². The van der Waals surface area contributed by atoms with Gasteiger partial charge >= 0.3 is 0 Å². The molecule has 1 unspecified atom stereocenters. The molecular formula is C23H25N3O3S. The number of rotatable bonds is 7. The fourth-order valence-electron chi connectivity index (χ4n) is 3.39. The molecule has 4 aromatic rings. The summed E-state index contributed by atoms with van der Waals surface area (Å²) in [6.45, 7) is 6.31. The van der Waals surface area contributed by atoms with Gasteiger partial charge in [-0.05, 0) is 61.7 Å². The van der Waals surface area contributed by atoms with Crippen molar-refractivity contribution in [3.63, 3.8) is 0 Å². The molecule has 0 saturated carbocycles. The quantitative estimate of drug-likeness (QED) is 0.446. The van der Waals surface area contributed by atoms with Crippen LogP contribution in [0.15, 0.2) is 47.6 Å². The molecule has 2 aromatic carbocycles. The van der Waals surface area contributed by atoms with Gasteiger partial charge < -0.3 is 14.6 Å². The molecule has 1 N–H and O–H groups in total. The second kappa shape index (κ2) is 8.53. The van der Waals surface area contributed by atoms with E-state index in [0.717, 1.165) is 49.9 Å². The van der Waals surface area contributed by atoms with Crippen LogP contribution in [0, 0.1) is 20.8 Å². The van der Waals surface area contributed by atoms with Gasteiger partial charge in [-0.1, -0.05) is 23.9 Å². The highest BCUT2D eigenvalue weighted by molar-refractivity contribution is 7.99. The molecule has 0 aliphatic rings. The summed E-state index contributed by atoms with van der Waals surface area (Å²) < 4.78 is 13.2. The van der Waals surface area contributed by atoms with E-state index in [4.69, 9.17) is 9.47 Å². The Hall–Kier alpha value is -2.77. The van der Waals surface area contributed by atoms with Crippen LogP contribution in [-0.4, -0.2) is 45.3 Å². The summed E-state index contributed by atoms with van der Waals surface area (Å²) in [5.74, 6) is 2.03. The molecule has 0 fully saturated rings. The molecule has 6 nitrogen and oxygen atoms in total. The highest BCUT2D eigenvalue weighted by Gasteiger charge is 2.15. The van der Waals surface area contributed by atoms with Crippen molar-refractivity contribution < 1.29 is 14.6 Å². The molecule has 4 rings (SSSR count). The number of benzene rings is 2. The average Bonchev–Trinajstić information content (AvgIpc) is 3.15. The molecule has 0 amide bonds. The Bertz CT molecular complexity index is 1210. The third-order valence-corrected chi connectivity index (χ3v) is 6.13. The number of fused-ring (bicyclic) bond motifs is 3. The van der Waals surface area contributed by atoms with Gasteiger partial charge in [0.25, 0.3) is 0 Å². The Kier molecular flexibility index (Phi) is 5.83. The van der Waals surface area contributed by atoms with Crippen LogP contribution in [-0.2, 0) is 0 Å². The van der Waals surface area contributed by atoms with E-state index < -0.39 is 6.10 Å². The number of thioether (sulfide) groups is 1. The second-order valence-corrected chi connectivity index (χ2v) is 8.42. The molecule has 0 bridgehead atoms. The SMILES string of the molecule is COc1ccc2c(C)cc3nnc(SCC(O)COc4cc(C)ccc4C)n3c2c1. The van der Waals surface area contributed by atoms with Gasteiger partial charge in [0.2, 0.25) is 0 Å². The molecular weight excluding hydrogens is 398 g/mol. The van der Waals surface area contributed by atoms with E-state index in [1.807, 2.05) is 60.7 Å². The van der Waals surface area contributed by atoms with Crippen molar-refractivity contribution >= 4 is 28.3 Å². The minimum absolute atomic E-state index is 0.224. The number of methoxy groups -OCH3 is 1. The maximum absolute atomic E-state index is 10.5. The predicted molar refractivity (Wildman–Crippen MR) is 120 cm³/mol. The molecule has 2 aromatic heterocycles. The summed E-state index contributed by atoms with van der Waals surface area (Å²) in [6.07, 6.45) is -0.631. The molecule has 2 heterocycles. The molecule has 7 heteroatoms. The number of aryl methyl sites for hydroxylation is 3. The third-order valence-electron chi connectivity index (χ3n) is 5.05. The van der Waals surface area contributed by atoms with E-state index in [0.29, 0.717) is 5.75 Å². The maximum Gasteiger partial charge on any atom is 0.196 e. The first kappa shape index (κ1) is 20.5. The highest BCUT2D eigenvalue weighted by atomic mass is 32.2.